The molecule has 1 aromatic rings. The van der Waals surface area contributed by atoms with Crippen LogP contribution in [-0.4, -0.2) is 94.2 Å². The van der Waals surface area contributed by atoms with Crippen LogP contribution in [0, 0.1) is 5.92 Å². The van der Waals surface area contributed by atoms with Crippen molar-refractivity contribution in [3.8, 4) is 0 Å². The van der Waals surface area contributed by atoms with Crippen molar-refractivity contribution in [2.45, 2.75) is 51.2 Å². The second-order valence-electron chi connectivity index (χ2n) is 9.63. The molecule has 0 N–H and O–H groups in total. The molecule has 3 saturated heterocycles. The average molecular weight is 404 g/mol. The van der Waals surface area contributed by atoms with Crippen LogP contribution in [0.3, 0.4) is 0 Å². The molecule has 1 atom stereocenters. The number of piperidine rings is 1. The van der Waals surface area contributed by atoms with Crippen molar-refractivity contribution >= 4 is 5.91 Å². The molecule has 1 amide bonds. The highest BCUT2D eigenvalue weighted by molar-refractivity contribution is 5.92. The van der Waals surface area contributed by atoms with Crippen molar-refractivity contribution in [3.63, 3.8) is 0 Å². The monoisotopic (exact) mass is 403 g/mol. The van der Waals surface area contributed by atoms with Gasteiger partial charge >= 0.3 is 0 Å². The summed E-state index contributed by atoms with van der Waals surface area (Å²) in [7, 11) is 1.90. The molecular formula is C22H37N5O2. The fourth-order valence-electron chi connectivity index (χ4n) is 5.29. The minimum absolute atomic E-state index is 0.0428. The Balaban J connectivity index is 1.29. The summed E-state index contributed by atoms with van der Waals surface area (Å²) in [4.78, 5) is 24.2. The normalized spacial score (nSPS) is 26.3. The van der Waals surface area contributed by atoms with Gasteiger partial charge in [-0.05, 0) is 31.6 Å². The zero-order chi connectivity index (χ0) is 20.4. The molecule has 1 unspecified atom stereocenters. The molecule has 7 nitrogen and oxygen atoms in total. The number of nitrogens with zero attached hydrogens (tertiary/aromatic N) is 5. The molecule has 29 heavy (non-hydrogen) atoms. The van der Waals surface area contributed by atoms with Crippen LogP contribution in [0.15, 0.2) is 12.5 Å². The number of hydrogen-bond acceptors (Lipinski definition) is 5. The highest BCUT2D eigenvalue weighted by Crippen LogP contribution is 2.37. The molecule has 0 aliphatic carbocycles. The second kappa shape index (κ2) is 8.74. The third kappa shape index (κ3) is 4.84. The van der Waals surface area contributed by atoms with Gasteiger partial charge in [-0.3, -0.25) is 9.69 Å². The van der Waals surface area contributed by atoms with Gasteiger partial charge in [0.1, 0.15) is 5.69 Å². The first kappa shape index (κ1) is 20.8. The lowest BCUT2D eigenvalue weighted by atomic mass is 9.81. The Kier molecular flexibility index (Phi) is 6.27. The van der Waals surface area contributed by atoms with Crippen molar-refractivity contribution in [2.24, 2.45) is 13.0 Å². The van der Waals surface area contributed by atoms with Crippen LogP contribution in [0.5, 0.6) is 0 Å². The fourth-order valence-corrected chi connectivity index (χ4v) is 5.29. The summed E-state index contributed by atoms with van der Waals surface area (Å²) in [6, 6.07) is 0.628. The number of imidazole rings is 1. The highest BCUT2D eigenvalue weighted by Gasteiger charge is 2.43. The van der Waals surface area contributed by atoms with E-state index in [2.05, 4.69) is 28.6 Å². The summed E-state index contributed by atoms with van der Waals surface area (Å²) < 4.78 is 8.17. The lowest BCUT2D eigenvalue weighted by molar-refractivity contribution is -0.132. The van der Waals surface area contributed by atoms with Gasteiger partial charge < -0.3 is 19.1 Å². The Morgan fingerprint density at radius 2 is 1.93 bits per heavy atom. The minimum atomic E-state index is -0.0428. The molecule has 162 valence electrons. The van der Waals surface area contributed by atoms with Gasteiger partial charge in [0, 0.05) is 71.7 Å². The first-order valence-corrected chi connectivity index (χ1v) is 11.3. The summed E-state index contributed by atoms with van der Waals surface area (Å²) in [6.45, 7) is 12.9. The van der Waals surface area contributed by atoms with Gasteiger partial charge in [-0.2, -0.15) is 0 Å². The van der Waals surface area contributed by atoms with Crippen LogP contribution in [0.4, 0.5) is 0 Å². The number of hydrogen-bond donors (Lipinski definition) is 0. The van der Waals surface area contributed by atoms with Crippen molar-refractivity contribution in [3.05, 3.63) is 18.2 Å². The van der Waals surface area contributed by atoms with Crippen LogP contribution in [-0.2, 0) is 11.8 Å². The number of carbonyl (C=O) groups is 1. The number of piperazine rings is 1. The van der Waals surface area contributed by atoms with Crippen LogP contribution in [0.25, 0.3) is 0 Å². The Morgan fingerprint density at radius 3 is 2.55 bits per heavy atom. The topological polar surface area (TPSA) is 53.8 Å². The maximum absolute atomic E-state index is 12.7. The van der Waals surface area contributed by atoms with Gasteiger partial charge in [0.25, 0.3) is 5.91 Å². The third-order valence-electron chi connectivity index (χ3n) is 6.90. The molecule has 7 heteroatoms. The average Bonchev–Trinajstić information content (AvgIpc) is 3.15. The Bertz CT molecular complexity index is 687. The molecule has 1 spiro atoms. The maximum atomic E-state index is 12.7. The summed E-state index contributed by atoms with van der Waals surface area (Å²) in [5.74, 6) is 0.793. The molecule has 0 saturated carbocycles. The Labute approximate surface area is 175 Å². The van der Waals surface area contributed by atoms with Crippen LogP contribution >= 0.6 is 0 Å². The van der Waals surface area contributed by atoms with Crippen molar-refractivity contribution in [2.75, 3.05) is 52.4 Å². The summed E-state index contributed by atoms with van der Waals surface area (Å²) in [5, 5.41) is 0. The Hall–Kier alpha value is -1.44. The van der Waals surface area contributed by atoms with Gasteiger partial charge in [0.15, 0.2) is 0 Å². The third-order valence-corrected chi connectivity index (χ3v) is 6.90. The minimum Gasteiger partial charge on any atom is -0.375 e. The largest absolute Gasteiger partial charge is 0.375 e. The van der Waals surface area contributed by atoms with Crippen LogP contribution in [0.2, 0.25) is 0 Å². The molecule has 4 rings (SSSR count). The fraction of sp³-hybridized carbons (Fsp3) is 0.818. The molecule has 3 aliphatic heterocycles. The van der Waals surface area contributed by atoms with Crippen LogP contribution < -0.4 is 0 Å². The van der Waals surface area contributed by atoms with E-state index >= 15 is 0 Å². The molecule has 0 bridgehead atoms. The second-order valence-corrected chi connectivity index (χ2v) is 9.63. The van der Waals surface area contributed by atoms with E-state index in [1.807, 2.05) is 16.5 Å². The molecule has 3 aliphatic rings. The van der Waals surface area contributed by atoms with Gasteiger partial charge in [-0.15, -0.1) is 0 Å². The van der Waals surface area contributed by atoms with Crippen molar-refractivity contribution in [1.82, 2.24) is 24.3 Å². The number of aromatic nitrogens is 2. The van der Waals surface area contributed by atoms with Gasteiger partial charge in [0.05, 0.1) is 11.9 Å². The number of aryl methyl sites for hydroxylation is 1. The molecular weight excluding hydrogens is 366 g/mol. The zero-order valence-electron chi connectivity index (χ0n) is 18.3. The molecule has 4 heterocycles. The van der Waals surface area contributed by atoms with E-state index in [1.165, 1.54) is 32.7 Å². The van der Waals surface area contributed by atoms with E-state index in [0.29, 0.717) is 11.7 Å². The maximum Gasteiger partial charge on any atom is 0.274 e. The lowest BCUT2D eigenvalue weighted by Crippen LogP contribution is -2.57. The molecule has 3 fully saturated rings. The number of ether oxygens (including phenoxy) is 1. The number of likely N-dealkylation sites (tertiary alicyclic amines) is 1. The molecule has 1 aromatic heterocycles. The van der Waals surface area contributed by atoms with E-state index in [4.69, 9.17) is 4.74 Å². The molecule has 0 radical (unpaired) electrons. The zero-order valence-corrected chi connectivity index (χ0v) is 18.3. The predicted octanol–water partition coefficient (Wildman–Crippen LogP) is 1.85. The summed E-state index contributed by atoms with van der Waals surface area (Å²) in [5.41, 5.74) is 0.504. The van der Waals surface area contributed by atoms with E-state index in [0.717, 1.165) is 51.3 Å². The van der Waals surface area contributed by atoms with Crippen molar-refractivity contribution < 1.29 is 9.53 Å². The quantitative estimate of drug-likeness (QED) is 0.768. The van der Waals surface area contributed by atoms with E-state index in [9.17, 15) is 4.79 Å². The van der Waals surface area contributed by atoms with Gasteiger partial charge in [-0.1, -0.05) is 13.8 Å². The van der Waals surface area contributed by atoms with Crippen molar-refractivity contribution in [1.29, 1.82) is 0 Å². The lowest BCUT2D eigenvalue weighted by Gasteiger charge is -2.49. The number of rotatable bonds is 4. The standard InChI is InChI=1S/C22H37N5O2/c1-18(2)15-25-9-11-26(12-10-25)19-4-13-29-22(14-19)5-7-27(8-6-22)21(28)20-16-24(3)17-23-20/h16-19H,4-15H2,1-3H3. The van der Waals surface area contributed by atoms with Gasteiger partial charge in [-0.25, -0.2) is 4.98 Å². The smallest absolute Gasteiger partial charge is 0.274 e. The number of amides is 1. The SMILES string of the molecule is CC(C)CN1CCN(C2CCOC3(CCN(C(=O)c4cn(C)cn4)CC3)C2)CC1. The van der Waals surface area contributed by atoms with E-state index < -0.39 is 0 Å². The molecule has 0 aromatic carbocycles. The number of carbonyl (C=O) groups excluding carboxylic acids is 1. The predicted molar refractivity (Wildman–Crippen MR) is 113 cm³/mol. The Morgan fingerprint density at radius 1 is 1.21 bits per heavy atom. The van der Waals surface area contributed by atoms with Crippen LogP contribution in [0.1, 0.15) is 50.0 Å². The highest BCUT2D eigenvalue weighted by atomic mass is 16.5. The van der Waals surface area contributed by atoms with E-state index in [-0.39, 0.29) is 11.5 Å². The summed E-state index contributed by atoms with van der Waals surface area (Å²) >= 11 is 0. The first-order valence-electron chi connectivity index (χ1n) is 11.3. The first-order chi connectivity index (χ1) is 13.9. The van der Waals surface area contributed by atoms with E-state index in [1.54, 1.807) is 12.5 Å². The summed E-state index contributed by atoms with van der Waals surface area (Å²) in [6.07, 6.45) is 7.63. The van der Waals surface area contributed by atoms with Gasteiger partial charge in [0.2, 0.25) is 0 Å².